The minimum atomic E-state index is -1.67. The van der Waals surface area contributed by atoms with Crippen molar-refractivity contribution in [1.29, 1.82) is 0 Å². The number of hydrogen-bond donors (Lipinski definition) is 1. The maximum absolute atomic E-state index is 12.2. The van der Waals surface area contributed by atoms with E-state index in [9.17, 15) is 9.90 Å². The van der Waals surface area contributed by atoms with Gasteiger partial charge in [-0.1, -0.05) is 15.9 Å². The van der Waals surface area contributed by atoms with Crippen LogP contribution in [0.1, 0.15) is 39.7 Å². The smallest absolute Gasteiger partial charge is 0.342 e. The van der Waals surface area contributed by atoms with Crippen molar-refractivity contribution >= 4 is 21.9 Å². The summed E-state index contributed by atoms with van der Waals surface area (Å²) in [6.45, 7) is 6.77. The first kappa shape index (κ1) is 16.3. The molecule has 0 spiro atoms. The van der Waals surface area contributed by atoms with Crippen LogP contribution in [0.25, 0.3) is 0 Å². The van der Waals surface area contributed by atoms with Gasteiger partial charge in [0.15, 0.2) is 5.60 Å². The number of aliphatic hydroxyl groups is 1. The van der Waals surface area contributed by atoms with E-state index in [4.69, 9.17) is 9.47 Å². The molecular formula is C16H21BrO4. The Balaban J connectivity index is 2.15. The van der Waals surface area contributed by atoms with E-state index in [1.807, 2.05) is 18.2 Å². The summed E-state index contributed by atoms with van der Waals surface area (Å²) in [5.74, 6) is 0.0545. The Morgan fingerprint density at radius 3 is 2.67 bits per heavy atom. The summed E-state index contributed by atoms with van der Waals surface area (Å²) in [6.07, 6.45) is 0.703. The summed E-state index contributed by atoms with van der Waals surface area (Å²) in [5, 5.41) is 10.5. The molecule has 1 aliphatic rings. The first-order valence-corrected chi connectivity index (χ1v) is 7.80. The summed E-state index contributed by atoms with van der Waals surface area (Å²) in [4.78, 5) is 12.2. The fourth-order valence-electron chi connectivity index (χ4n) is 2.27. The number of carbonyl (C=O) groups is 1. The highest BCUT2D eigenvalue weighted by atomic mass is 79.9. The van der Waals surface area contributed by atoms with Crippen LogP contribution in [-0.4, -0.2) is 28.4 Å². The summed E-state index contributed by atoms with van der Waals surface area (Å²) < 4.78 is 12.1. The average molecular weight is 357 g/mol. The molecule has 2 rings (SSSR count). The lowest BCUT2D eigenvalue weighted by Crippen LogP contribution is -2.53. The minimum Gasteiger partial charge on any atom is -0.486 e. The topological polar surface area (TPSA) is 55.8 Å². The summed E-state index contributed by atoms with van der Waals surface area (Å²) >= 11 is 3.42. The SMILES string of the molecule is CC(C)(C)OC(=O)C(C)(O)C1CCc2cc(Br)ccc2O1. The van der Waals surface area contributed by atoms with Crippen molar-refractivity contribution in [3.8, 4) is 5.75 Å². The van der Waals surface area contributed by atoms with Gasteiger partial charge in [-0.2, -0.15) is 0 Å². The molecule has 4 nitrogen and oxygen atoms in total. The largest absolute Gasteiger partial charge is 0.486 e. The monoisotopic (exact) mass is 356 g/mol. The molecule has 0 amide bonds. The number of benzene rings is 1. The zero-order chi connectivity index (χ0) is 15.8. The molecule has 116 valence electrons. The van der Waals surface area contributed by atoms with Gasteiger partial charge in [0.1, 0.15) is 17.5 Å². The molecular weight excluding hydrogens is 336 g/mol. The number of rotatable bonds is 2. The molecule has 1 heterocycles. The van der Waals surface area contributed by atoms with E-state index in [0.29, 0.717) is 12.2 Å². The van der Waals surface area contributed by atoms with Crippen molar-refractivity contribution in [3.05, 3.63) is 28.2 Å². The van der Waals surface area contributed by atoms with Gasteiger partial charge in [-0.05, 0) is 64.3 Å². The van der Waals surface area contributed by atoms with Crippen molar-refractivity contribution in [2.24, 2.45) is 0 Å². The van der Waals surface area contributed by atoms with Crippen LogP contribution in [0.15, 0.2) is 22.7 Å². The third-order valence-corrected chi connectivity index (χ3v) is 3.90. The predicted octanol–water partition coefficient (Wildman–Crippen LogP) is 3.24. The number of fused-ring (bicyclic) bond motifs is 1. The van der Waals surface area contributed by atoms with Gasteiger partial charge in [-0.15, -0.1) is 0 Å². The Kier molecular flexibility index (Phi) is 4.36. The van der Waals surface area contributed by atoms with Crippen LogP contribution in [0.2, 0.25) is 0 Å². The predicted molar refractivity (Wildman–Crippen MR) is 83.3 cm³/mol. The summed E-state index contributed by atoms with van der Waals surface area (Å²) in [5.41, 5.74) is -1.24. The highest BCUT2D eigenvalue weighted by Gasteiger charge is 2.45. The summed E-state index contributed by atoms with van der Waals surface area (Å²) in [7, 11) is 0. The van der Waals surface area contributed by atoms with Crippen molar-refractivity contribution in [2.45, 2.75) is 57.8 Å². The number of aryl methyl sites for hydroxylation is 1. The fourth-order valence-corrected chi connectivity index (χ4v) is 2.67. The van der Waals surface area contributed by atoms with Gasteiger partial charge in [0.25, 0.3) is 0 Å². The number of halogens is 1. The Hall–Kier alpha value is -1.07. The molecule has 2 unspecified atom stereocenters. The van der Waals surface area contributed by atoms with E-state index in [0.717, 1.165) is 16.5 Å². The van der Waals surface area contributed by atoms with E-state index in [1.165, 1.54) is 6.92 Å². The van der Waals surface area contributed by atoms with Crippen molar-refractivity contribution < 1.29 is 19.4 Å². The molecule has 0 saturated heterocycles. The molecule has 0 saturated carbocycles. The van der Waals surface area contributed by atoms with Crippen LogP contribution in [0, 0.1) is 0 Å². The maximum Gasteiger partial charge on any atom is 0.342 e. The van der Waals surface area contributed by atoms with Crippen molar-refractivity contribution in [2.75, 3.05) is 0 Å². The standard InChI is InChI=1S/C16H21BrO4/c1-15(2,3)21-14(18)16(4,19)13-8-5-10-9-11(17)6-7-12(10)20-13/h6-7,9,13,19H,5,8H2,1-4H3. The Labute approximate surface area is 133 Å². The lowest BCUT2D eigenvalue weighted by Gasteiger charge is -2.36. The zero-order valence-electron chi connectivity index (χ0n) is 12.8. The number of hydrogen-bond acceptors (Lipinski definition) is 4. The van der Waals surface area contributed by atoms with Crippen LogP contribution in [0.3, 0.4) is 0 Å². The quantitative estimate of drug-likeness (QED) is 0.826. The molecule has 0 fully saturated rings. The van der Waals surface area contributed by atoms with E-state index >= 15 is 0 Å². The highest BCUT2D eigenvalue weighted by molar-refractivity contribution is 9.10. The normalized spacial score (nSPS) is 21.0. The molecule has 5 heteroatoms. The molecule has 0 aromatic heterocycles. The van der Waals surface area contributed by atoms with Crippen LogP contribution < -0.4 is 4.74 Å². The van der Waals surface area contributed by atoms with Gasteiger partial charge in [-0.3, -0.25) is 0 Å². The molecule has 1 aliphatic heterocycles. The highest BCUT2D eigenvalue weighted by Crippen LogP contribution is 2.34. The molecule has 1 aromatic carbocycles. The van der Waals surface area contributed by atoms with Gasteiger partial charge in [0.2, 0.25) is 0 Å². The first-order valence-electron chi connectivity index (χ1n) is 7.00. The number of ether oxygens (including phenoxy) is 2. The second-order valence-electron chi connectivity index (χ2n) is 6.55. The molecule has 1 aromatic rings. The van der Waals surface area contributed by atoms with Crippen LogP contribution in [-0.2, 0) is 16.0 Å². The molecule has 21 heavy (non-hydrogen) atoms. The van der Waals surface area contributed by atoms with Gasteiger partial charge in [0, 0.05) is 4.47 Å². The van der Waals surface area contributed by atoms with Gasteiger partial charge in [0.05, 0.1) is 0 Å². The third-order valence-electron chi connectivity index (χ3n) is 3.41. The second-order valence-corrected chi connectivity index (χ2v) is 7.46. The lowest BCUT2D eigenvalue weighted by atomic mass is 9.90. The Morgan fingerprint density at radius 1 is 1.38 bits per heavy atom. The van der Waals surface area contributed by atoms with Crippen LogP contribution in [0.5, 0.6) is 5.75 Å². The zero-order valence-corrected chi connectivity index (χ0v) is 14.4. The Bertz CT molecular complexity index is 546. The van der Waals surface area contributed by atoms with Gasteiger partial charge in [-0.25, -0.2) is 4.79 Å². The van der Waals surface area contributed by atoms with E-state index in [2.05, 4.69) is 15.9 Å². The fraction of sp³-hybridized carbons (Fsp3) is 0.562. The summed E-state index contributed by atoms with van der Waals surface area (Å²) in [6, 6.07) is 5.72. The number of carbonyl (C=O) groups excluding carboxylic acids is 1. The van der Waals surface area contributed by atoms with Crippen molar-refractivity contribution in [3.63, 3.8) is 0 Å². The van der Waals surface area contributed by atoms with E-state index < -0.39 is 23.3 Å². The molecule has 2 atom stereocenters. The van der Waals surface area contributed by atoms with E-state index in [1.54, 1.807) is 20.8 Å². The molecule has 0 bridgehead atoms. The van der Waals surface area contributed by atoms with Gasteiger partial charge >= 0.3 is 5.97 Å². The minimum absolute atomic E-state index is 0.565. The maximum atomic E-state index is 12.2. The average Bonchev–Trinajstić information content (AvgIpc) is 2.35. The van der Waals surface area contributed by atoms with Gasteiger partial charge < -0.3 is 14.6 Å². The lowest BCUT2D eigenvalue weighted by molar-refractivity contribution is -0.185. The van der Waals surface area contributed by atoms with Crippen molar-refractivity contribution in [1.82, 2.24) is 0 Å². The number of esters is 1. The van der Waals surface area contributed by atoms with Crippen LogP contribution >= 0.6 is 15.9 Å². The third kappa shape index (κ3) is 3.77. The second kappa shape index (κ2) is 5.61. The molecule has 0 radical (unpaired) electrons. The molecule has 0 aliphatic carbocycles. The van der Waals surface area contributed by atoms with E-state index in [-0.39, 0.29) is 0 Å². The molecule has 1 N–H and O–H groups in total. The Morgan fingerprint density at radius 2 is 2.05 bits per heavy atom. The van der Waals surface area contributed by atoms with Crippen LogP contribution in [0.4, 0.5) is 0 Å². The first-order chi connectivity index (χ1) is 9.59.